The number of allylic oxidation sites excluding steroid dienone is 2. The van der Waals surface area contributed by atoms with Crippen molar-refractivity contribution in [2.24, 2.45) is 11.8 Å². The Balaban J connectivity index is 1.89. The van der Waals surface area contributed by atoms with Crippen molar-refractivity contribution in [1.82, 2.24) is 0 Å². The van der Waals surface area contributed by atoms with Crippen molar-refractivity contribution in [3.63, 3.8) is 0 Å². The topological polar surface area (TPSA) is 17.1 Å². The lowest BCUT2D eigenvalue weighted by molar-refractivity contribution is 0.0942. The largest absolute Gasteiger partial charge is 0.294 e. The normalized spacial score (nSPS) is 34.0. The van der Waals surface area contributed by atoms with Gasteiger partial charge in [-0.3, -0.25) is 4.79 Å². The monoisotopic (exact) mass is 266 g/mol. The van der Waals surface area contributed by atoms with Gasteiger partial charge in [0.15, 0.2) is 5.78 Å². The highest BCUT2D eigenvalue weighted by Crippen LogP contribution is 2.58. The van der Waals surface area contributed by atoms with E-state index in [0.29, 0.717) is 11.7 Å². The first-order chi connectivity index (χ1) is 9.74. The van der Waals surface area contributed by atoms with Gasteiger partial charge in [-0.1, -0.05) is 43.7 Å². The molecule has 0 heterocycles. The molecule has 4 rings (SSSR count). The summed E-state index contributed by atoms with van der Waals surface area (Å²) in [5, 5.41) is 0. The number of benzene rings is 1. The lowest BCUT2D eigenvalue weighted by Crippen LogP contribution is -2.37. The Morgan fingerprint density at radius 1 is 1.30 bits per heavy atom. The smallest absolute Gasteiger partial charge is 0.163 e. The van der Waals surface area contributed by atoms with Crippen molar-refractivity contribution in [2.75, 3.05) is 0 Å². The molecule has 3 unspecified atom stereocenters. The number of fused-ring (bicyclic) bond motifs is 5. The fraction of sp³-hybridized carbons (Fsp3) is 0.526. The molecule has 0 aromatic heterocycles. The van der Waals surface area contributed by atoms with Crippen molar-refractivity contribution in [3.8, 4) is 0 Å². The van der Waals surface area contributed by atoms with Crippen LogP contribution in [0.15, 0.2) is 30.4 Å². The van der Waals surface area contributed by atoms with E-state index in [2.05, 4.69) is 37.3 Å². The molecule has 20 heavy (non-hydrogen) atoms. The Kier molecular flexibility index (Phi) is 2.67. The lowest BCUT2D eigenvalue weighted by Gasteiger charge is -2.41. The number of rotatable bonds is 2. The van der Waals surface area contributed by atoms with Crippen LogP contribution < -0.4 is 0 Å². The van der Waals surface area contributed by atoms with E-state index >= 15 is 0 Å². The molecule has 1 fully saturated rings. The van der Waals surface area contributed by atoms with Gasteiger partial charge in [0.2, 0.25) is 0 Å². The zero-order valence-corrected chi connectivity index (χ0v) is 12.2. The van der Waals surface area contributed by atoms with Crippen molar-refractivity contribution in [1.29, 1.82) is 0 Å². The van der Waals surface area contributed by atoms with Crippen LogP contribution in [0.1, 0.15) is 60.5 Å². The number of hydrogen-bond donors (Lipinski definition) is 0. The highest BCUT2D eigenvalue weighted by atomic mass is 16.1. The van der Waals surface area contributed by atoms with Gasteiger partial charge in [-0.15, -0.1) is 0 Å². The second-order valence-electron chi connectivity index (χ2n) is 6.86. The summed E-state index contributed by atoms with van der Waals surface area (Å²) in [6, 6.07) is 6.60. The summed E-state index contributed by atoms with van der Waals surface area (Å²) in [6.07, 6.45) is 11.4. The summed E-state index contributed by atoms with van der Waals surface area (Å²) in [6.45, 7) is 2.20. The second-order valence-corrected chi connectivity index (χ2v) is 6.86. The average Bonchev–Trinajstić information content (AvgIpc) is 3.05. The number of Topliss-reactive ketones (excluding diaryl/α,β-unsaturated/α-hetero) is 1. The maximum atomic E-state index is 12.5. The van der Waals surface area contributed by atoms with E-state index in [9.17, 15) is 4.79 Å². The van der Waals surface area contributed by atoms with E-state index in [4.69, 9.17) is 0 Å². The molecule has 0 N–H and O–H groups in total. The summed E-state index contributed by atoms with van der Waals surface area (Å²) in [5.41, 5.74) is 4.06. The first-order valence-corrected chi connectivity index (χ1v) is 8.08. The van der Waals surface area contributed by atoms with Gasteiger partial charge in [0.05, 0.1) is 0 Å². The van der Waals surface area contributed by atoms with Crippen LogP contribution >= 0.6 is 0 Å². The molecule has 104 valence electrons. The van der Waals surface area contributed by atoms with E-state index in [1.807, 2.05) is 0 Å². The van der Waals surface area contributed by atoms with E-state index in [-0.39, 0.29) is 5.41 Å². The van der Waals surface area contributed by atoms with E-state index < -0.39 is 0 Å². The summed E-state index contributed by atoms with van der Waals surface area (Å²) in [5.74, 6) is 1.83. The molecule has 1 saturated carbocycles. The van der Waals surface area contributed by atoms with E-state index in [1.165, 1.54) is 24.0 Å². The van der Waals surface area contributed by atoms with E-state index in [0.717, 1.165) is 37.2 Å². The minimum absolute atomic E-state index is 0.284. The lowest BCUT2D eigenvalue weighted by atomic mass is 9.62. The molecule has 1 heteroatoms. The quantitative estimate of drug-likeness (QED) is 0.723. The number of ketones is 1. The van der Waals surface area contributed by atoms with Crippen LogP contribution in [0.25, 0.3) is 0 Å². The predicted molar refractivity (Wildman–Crippen MR) is 81.0 cm³/mol. The molecular formula is C19H22O. The third-order valence-electron chi connectivity index (χ3n) is 5.79. The molecule has 3 aliphatic rings. The van der Waals surface area contributed by atoms with Gasteiger partial charge in [0, 0.05) is 17.4 Å². The van der Waals surface area contributed by atoms with Gasteiger partial charge in [-0.2, -0.15) is 0 Å². The van der Waals surface area contributed by atoms with Crippen LogP contribution in [0.2, 0.25) is 0 Å². The third-order valence-corrected chi connectivity index (χ3v) is 5.79. The van der Waals surface area contributed by atoms with Crippen molar-refractivity contribution in [3.05, 3.63) is 47.0 Å². The standard InChI is InChI=1S/C19H22O/c1-2-4-14-5-3-6-16-18(14)17(20)9-10-19(16)12-13-7-8-15(19)11-13/h3,5-8,13,15H,2,4,9-12H2,1H3. The minimum atomic E-state index is 0.284. The first-order valence-electron chi connectivity index (χ1n) is 8.08. The van der Waals surface area contributed by atoms with Crippen LogP contribution in [-0.2, 0) is 11.8 Å². The summed E-state index contributed by atoms with van der Waals surface area (Å²) in [7, 11) is 0. The Morgan fingerprint density at radius 3 is 2.90 bits per heavy atom. The molecule has 1 aromatic carbocycles. The minimum Gasteiger partial charge on any atom is -0.294 e. The summed E-state index contributed by atoms with van der Waals surface area (Å²) < 4.78 is 0. The molecule has 0 amide bonds. The molecule has 3 aliphatic carbocycles. The zero-order chi connectivity index (χ0) is 13.7. The average molecular weight is 266 g/mol. The van der Waals surface area contributed by atoms with Crippen LogP contribution in [0.3, 0.4) is 0 Å². The zero-order valence-electron chi connectivity index (χ0n) is 12.2. The van der Waals surface area contributed by atoms with Gasteiger partial charge in [0.25, 0.3) is 0 Å². The summed E-state index contributed by atoms with van der Waals surface area (Å²) >= 11 is 0. The number of hydrogen-bond acceptors (Lipinski definition) is 1. The summed E-state index contributed by atoms with van der Waals surface area (Å²) in [4.78, 5) is 12.5. The molecule has 0 saturated heterocycles. The fourth-order valence-corrected chi connectivity index (χ4v) is 4.97. The third kappa shape index (κ3) is 1.52. The Bertz CT molecular complexity index is 598. The molecule has 3 atom stereocenters. The number of carbonyl (C=O) groups excluding carboxylic acids is 1. The predicted octanol–water partition coefficient (Wildman–Crippen LogP) is 4.45. The van der Waals surface area contributed by atoms with Crippen molar-refractivity contribution >= 4 is 5.78 Å². The Labute approximate surface area is 121 Å². The molecular weight excluding hydrogens is 244 g/mol. The maximum absolute atomic E-state index is 12.5. The molecule has 1 aromatic rings. The maximum Gasteiger partial charge on any atom is 0.163 e. The van der Waals surface area contributed by atoms with Crippen molar-refractivity contribution < 1.29 is 4.79 Å². The highest BCUT2D eigenvalue weighted by molar-refractivity contribution is 6.00. The number of carbonyl (C=O) groups is 1. The van der Waals surface area contributed by atoms with Crippen LogP contribution in [-0.4, -0.2) is 5.78 Å². The van der Waals surface area contributed by atoms with Crippen LogP contribution in [0.4, 0.5) is 0 Å². The van der Waals surface area contributed by atoms with E-state index in [1.54, 1.807) is 0 Å². The number of aryl methyl sites for hydroxylation is 1. The Morgan fingerprint density at radius 2 is 2.20 bits per heavy atom. The Hall–Kier alpha value is -1.37. The fourth-order valence-electron chi connectivity index (χ4n) is 4.97. The van der Waals surface area contributed by atoms with Gasteiger partial charge in [-0.05, 0) is 48.6 Å². The van der Waals surface area contributed by atoms with Gasteiger partial charge in [-0.25, -0.2) is 0 Å². The molecule has 1 spiro atoms. The molecule has 1 nitrogen and oxygen atoms in total. The van der Waals surface area contributed by atoms with Crippen molar-refractivity contribution in [2.45, 2.75) is 50.9 Å². The van der Waals surface area contributed by atoms with Gasteiger partial charge in [0.1, 0.15) is 0 Å². The SMILES string of the molecule is CCCc1cccc2c1C(=O)CCC21CC2C=CC1C2. The first kappa shape index (κ1) is 12.4. The van der Waals surface area contributed by atoms with Gasteiger partial charge < -0.3 is 0 Å². The van der Waals surface area contributed by atoms with Crippen LogP contribution in [0.5, 0.6) is 0 Å². The second kappa shape index (κ2) is 4.31. The van der Waals surface area contributed by atoms with Crippen LogP contribution in [0, 0.1) is 11.8 Å². The highest BCUT2D eigenvalue weighted by Gasteiger charge is 2.52. The molecule has 2 bridgehead atoms. The molecule has 0 aliphatic heterocycles. The molecule has 0 radical (unpaired) electrons. The van der Waals surface area contributed by atoms with Gasteiger partial charge >= 0.3 is 0 Å².